The molecule has 1 amide bonds. The highest BCUT2D eigenvalue weighted by molar-refractivity contribution is 6.29. The minimum Gasteiger partial charge on any atom is -0.383 e. The van der Waals surface area contributed by atoms with Crippen LogP contribution in [0.4, 0.5) is 0 Å². The quantitative estimate of drug-likeness (QED) is 0.750. The van der Waals surface area contributed by atoms with E-state index >= 15 is 0 Å². The highest BCUT2D eigenvalue weighted by atomic mass is 35.5. The van der Waals surface area contributed by atoms with Gasteiger partial charge in [-0.1, -0.05) is 11.6 Å². The van der Waals surface area contributed by atoms with E-state index in [0.717, 1.165) is 18.9 Å². The van der Waals surface area contributed by atoms with Crippen molar-refractivity contribution in [2.45, 2.75) is 25.4 Å². The zero-order chi connectivity index (χ0) is 15.4. The fourth-order valence-corrected chi connectivity index (χ4v) is 2.60. The van der Waals surface area contributed by atoms with E-state index in [-0.39, 0.29) is 5.91 Å². The third-order valence-electron chi connectivity index (χ3n) is 3.92. The number of carbonyl (C=O) groups is 1. The molecule has 0 radical (unpaired) electrons. The van der Waals surface area contributed by atoms with E-state index in [2.05, 4.69) is 9.88 Å². The molecule has 0 bridgehead atoms. The van der Waals surface area contributed by atoms with E-state index in [4.69, 9.17) is 16.3 Å². The lowest BCUT2D eigenvalue weighted by Crippen LogP contribution is -2.59. The predicted molar refractivity (Wildman–Crippen MR) is 81.5 cm³/mol. The van der Waals surface area contributed by atoms with Gasteiger partial charge in [-0.25, -0.2) is 4.98 Å². The van der Waals surface area contributed by atoms with Gasteiger partial charge < -0.3 is 19.1 Å². The van der Waals surface area contributed by atoms with Crippen LogP contribution in [0.1, 0.15) is 12.2 Å². The van der Waals surface area contributed by atoms with E-state index in [1.54, 1.807) is 13.3 Å². The molecule has 2 rings (SSSR count). The molecular formula is C14H23ClN4O2. The summed E-state index contributed by atoms with van der Waals surface area (Å²) < 4.78 is 6.96. The zero-order valence-electron chi connectivity index (χ0n) is 12.9. The van der Waals surface area contributed by atoms with Gasteiger partial charge in [0.2, 0.25) is 5.91 Å². The molecule has 1 aliphatic heterocycles. The van der Waals surface area contributed by atoms with E-state index < -0.39 is 0 Å². The number of likely N-dealkylation sites (tertiary alicyclic amines) is 1. The van der Waals surface area contributed by atoms with Crippen LogP contribution in [0.15, 0.2) is 6.20 Å². The van der Waals surface area contributed by atoms with E-state index in [9.17, 15) is 4.79 Å². The Labute approximate surface area is 130 Å². The summed E-state index contributed by atoms with van der Waals surface area (Å²) in [5, 5.41) is 0.589. The topological polar surface area (TPSA) is 50.6 Å². The number of rotatable bonds is 7. The maximum absolute atomic E-state index is 12.1. The Kier molecular flexibility index (Phi) is 5.61. The summed E-state index contributed by atoms with van der Waals surface area (Å²) in [5.41, 5.74) is 0. The first-order valence-electron chi connectivity index (χ1n) is 7.16. The summed E-state index contributed by atoms with van der Waals surface area (Å²) in [5.74, 6) is 1.03. The summed E-state index contributed by atoms with van der Waals surface area (Å²) >= 11 is 6.10. The number of methoxy groups -OCH3 is 1. The highest BCUT2D eigenvalue weighted by Gasteiger charge is 2.31. The molecule has 0 atom stereocenters. The number of likely N-dealkylation sites (N-methyl/N-ethyl adjacent to an activating group) is 1. The number of aryl methyl sites for hydroxylation is 1. The lowest BCUT2D eigenvalue weighted by atomic mass is 10.1. The predicted octanol–water partition coefficient (Wildman–Crippen LogP) is 0.888. The Bertz CT molecular complexity index is 483. The second-order valence-electron chi connectivity index (χ2n) is 5.56. The SMILES string of the molecule is COCCn1c(Cl)cnc1CCC(=O)N1CC(N(C)C)C1. The molecule has 118 valence electrons. The van der Waals surface area contributed by atoms with Gasteiger partial charge in [-0.15, -0.1) is 0 Å². The number of aromatic nitrogens is 2. The summed E-state index contributed by atoms with van der Waals surface area (Å²) in [6.07, 6.45) is 2.71. The van der Waals surface area contributed by atoms with Gasteiger partial charge in [0.1, 0.15) is 11.0 Å². The second-order valence-corrected chi connectivity index (χ2v) is 5.94. The van der Waals surface area contributed by atoms with Crippen molar-refractivity contribution in [3.8, 4) is 0 Å². The molecule has 21 heavy (non-hydrogen) atoms. The Morgan fingerprint density at radius 2 is 2.24 bits per heavy atom. The standard InChI is InChI=1S/C14H23ClN4O2/c1-17(2)11-9-18(10-11)14(20)5-4-13-16-8-12(15)19(13)6-7-21-3/h8,11H,4-7,9-10H2,1-3H3. The van der Waals surface area contributed by atoms with E-state index in [1.165, 1.54) is 0 Å². The molecule has 0 aliphatic carbocycles. The van der Waals surface area contributed by atoms with E-state index in [1.807, 2.05) is 23.6 Å². The molecule has 1 aliphatic rings. The van der Waals surface area contributed by atoms with Crippen molar-refractivity contribution >= 4 is 17.5 Å². The van der Waals surface area contributed by atoms with Crippen molar-refractivity contribution in [2.24, 2.45) is 0 Å². The maximum atomic E-state index is 12.1. The summed E-state index contributed by atoms with van der Waals surface area (Å²) in [6, 6.07) is 0.493. The molecule has 1 aromatic heterocycles. The minimum atomic E-state index is 0.186. The van der Waals surface area contributed by atoms with Gasteiger partial charge in [0.25, 0.3) is 0 Å². The van der Waals surface area contributed by atoms with Gasteiger partial charge in [0.15, 0.2) is 0 Å². The fraction of sp³-hybridized carbons (Fsp3) is 0.714. The third kappa shape index (κ3) is 3.96. The molecule has 0 unspecified atom stereocenters. The number of hydrogen-bond acceptors (Lipinski definition) is 4. The zero-order valence-corrected chi connectivity index (χ0v) is 13.6. The van der Waals surface area contributed by atoms with Crippen LogP contribution in [0.2, 0.25) is 5.15 Å². The Morgan fingerprint density at radius 1 is 1.52 bits per heavy atom. The first-order valence-corrected chi connectivity index (χ1v) is 7.53. The largest absolute Gasteiger partial charge is 0.383 e. The summed E-state index contributed by atoms with van der Waals surface area (Å²) in [4.78, 5) is 20.4. The molecule has 7 heteroatoms. The Morgan fingerprint density at radius 3 is 2.86 bits per heavy atom. The van der Waals surface area contributed by atoms with Crippen LogP contribution in [-0.2, 0) is 22.5 Å². The lowest BCUT2D eigenvalue weighted by molar-refractivity contribution is -0.137. The summed E-state index contributed by atoms with van der Waals surface area (Å²) in [6.45, 7) is 2.88. The van der Waals surface area contributed by atoms with Crippen LogP contribution in [0.25, 0.3) is 0 Å². The molecule has 1 saturated heterocycles. The lowest BCUT2D eigenvalue weighted by Gasteiger charge is -2.42. The fourth-order valence-electron chi connectivity index (χ4n) is 2.37. The number of halogens is 1. The van der Waals surface area contributed by atoms with Gasteiger partial charge in [-0.3, -0.25) is 4.79 Å². The minimum absolute atomic E-state index is 0.186. The number of hydrogen-bond donors (Lipinski definition) is 0. The number of amides is 1. The first kappa shape index (κ1) is 16.3. The van der Waals surface area contributed by atoms with Crippen molar-refractivity contribution in [2.75, 3.05) is 40.9 Å². The van der Waals surface area contributed by atoms with Crippen molar-refractivity contribution in [1.29, 1.82) is 0 Å². The van der Waals surface area contributed by atoms with Gasteiger partial charge in [0.05, 0.1) is 12.8 Å². The molecule has 0 aromatic carbocycles. The molecule has 0 saturated carbocycles. The molecule has 1 fully saturated rings. The number of carbonyl (C=O) groups excluding carboxylic acids is 1. The molecule has 0 N–H and O–H groups in total. The molecular weight excluding hydrogens is 292 g/mol. The van der Waals surface area contributed by atoms with Crippen LogP contribution in [-0.4, -0.2) is 72.2 Å². The third-order valence-corrected chi connectivity index (χ3v) is 4.22. The van der Waals surface area contributed by atoms with Crippen molar-refractivity contribution < 1.29 is 9.53 Å². The van der Waals surface area contributed by atoms with Gasteiger partial charge in [0, 0.05) is 45.6 Å². The first-order chi connectivity index (χ1) is 10.0. The highest BCUT2D eigenvalue weighted by Crippen LogP contribution is 2.16. The van der Waals surface area contributed by atoms with Crippen molar-refractivity contribution in [1.82, 2.24) is 19.4 Å². The van der Waals surface area contributed by atoms with Gasteiger partial charge in [-0.05, 0) is 14.1 Å². The molecule has 0 spiro atoms. The van der Waals surface area contributed by atoms with E-state index in [0.29, 0.717) is 37.2 Å². The molecule has 6 nitrogen and oxygen atoms in total. The average molecular weight is 315 g/mol. The van der Waals surface area contributed by atoms with Crippen LogP contribution in [0.3, 0.4) is 0 Å². The van der Waals surface area contributed by atoms with Crippen LogP contribution < -0.4 is 0 Å². The second kappa shape index (κ2) is 7.24. The Hall–Kier alpha value is -1.11. The van der Waals surface area contributed by atoms with Crippen molar-refractivity contribution in [3.05, 3.63) is 17.2 Å². The average Bonchev–Trinajstić information content (AvgIpc) is 2.72. The smallest absolute Gasteiger partial charge is 0.223 e. The van der Waals surface area contributed by atoms with Crippen LogP contribution in [0.5, 0.6) is 0 Å². The normalized spacial score (nSPS) is 15.6. The Balaban J connectivity index is 1.82. The van der Waals surface area contributed by atoms with Crippen LogP contribution in [0, 0.1) is 0 Å². The van der Waals surface area contributed by atoms with Crippen molar-refractivity contribution in [3.63, 3.8) is 0 Å². The summed E-state index contributed by atoms with van der Waals surface area (Å²) in [7, 11) is 5.74. The van der Waals surface area contributed by atoms with Gasteiger partial charge >= 0.3 is 0 Å². The van der Waals surface area contributed by atoms with Crippen LogP contribution >= 0.6 is 11.6 Å². The maximum Gasteiger partial charge on any atom is 0.223 e. The monoisotopic (exact) mass is 314 g/mol. The molecule has 2 heterocycles. The number of nitrogens with zero attached hydrogens (tertiary/aromatic N) is 4. The molecule has 1 aromatic rings. The van der Waals surface area contributed by atoms with Gasteiger partial charge in [-0.2, -0.15) is 0 Å². The number of imidazole rings is 1. The number of ether oxygens (including phenoxy) is 1.